The molecule has 0 saturated carbocycles. The molecule has 0 aliphatic heterocycles. The van der Waals surface area contributed by atoms with E-state index in [2.05, 4.69) is 5.32 Å². The van der Waals surface area contributed by atoms with E-state index in [9.17, 15) is 9.18 Å². The van der Waals surface area contributed by atoms with E-state index in [-0.39, 0.29) is 6.79 Å². The zero-order chi connectivity index (χ0) is 18.1. The number of hydrogen-bond donors (Lipinski definition) is 1. The minimum absolute atomic E-state index is 0.0433. The van der Waals surface area contributed by atoms with Gasteiger partial charge in [0.25, 0.3) is 0 Å². The Bertz CT molecular complexity index is 665. The Morgan fingerprint density at radius 2 is 1.80 bits per heavy atom. The molecule has 1 N–H and O–H groups in total. The van der Waals surface area contributed by atoms with Crippen LogP contribution in [0.2, 0.25) is 0 Å². The highest BCUT2D eigenvalue weighted by Gasteiger charge is 2.26. The van der Waals surface area contributed by atoms with E-state index in [0.717, 1.165) is 5.56 Å². The summed E-state index contributed by atoms with van der Waals surface area (Å²) in [6, 6.07) is 15.7. The Labute approximate surface area is 146 Å². The van der Waals surface area contributed by atoms with E-state index < -0.39 is 24.1 Å². The van der Waals surface area contributed by atoms with Crippen molar-refractivity contribution in [3.05, 3.63) is 71.5 Å². The third kappa shape index (κ3) is 5.85. The highest BCUT2D eigenvalue weighted by molar-refractivity contribution is 5.67. The number of benzene rings is 2. The number of alkyl carbamates (subject to hydrolysis) is 1. The second kappa shape index (κ2) is 9.76. The van der Waals surface area contributed by atoms with Gasteiger partial charge in [-0.15, -0.1) is 0 Å². The lowest BCUT2D eigenvalue weighted by Crippen LogP contribution is -2.32. The maximum Gasteiger partial charge on any atom is 0.407 e. The van der Waals surface area contributed by atoms with Crippen LogP contribution in [0.5, 0.6) is 0 Å². The molecule has 0 saturated heterocycles. The van der Waals surface area contributed by atoms with Crippen molar-refractivity contribution >= 4 is 6.09 Å². The maximum atomic E-state index is 14.1. The quantitative estimate of drug-likeness (QED) is 0.738. The van der Waals surface area contributed by atoms with Gasteiger partial charge in [0, 0.05) is 19.2 Å². The number of halogens is 1. The number of hydrogen-bond acceptors (Lipinski definition) is 4. The summed E-state index contributed by atoms with van der Waals surface area (Å²) in [5.74, 6) is -0.427. The second-order valence-corrected chi connectivity index (χ2v) is 5.46. The van der Waals surface area contributed by atoms with Gasteiger partial charge in [0.15, 0.2) is 0 Å². The Morgan fingerprint density at radius 3 is 2.48 bits per heavy atom. The van der Waals surface area contributed by atoms with Crippen LogP contribution >= 0.6 is 0 Å². The third-order valence-electron chi connectivity index (χ3n) is 3.58. The molecule has 0 heterocycles. The van der Waals surface area contributed by atoms with Crippen LogP contribution in [0.4, 0.5) is 9.18 Å². The highest BCUT2D eigenvalue weighted by Crippen LogP contribution is 2.26. The molecule has 0 aromatic heterocycles. The summed E-state index contributed by atoms with van der Waals surface area (Å²) in [6.07, 6.45) is -2.08. The number of ether oxygens (including phenoxy) is 3. The normalized spacial score (nSPS) is 13.1. The number of carbonyl (C=O) groups excluding carboxylic acids is 1. The van der Waals surface area contributed by atoms with E-state index in [1.165, 1.54) is 13.2 Å². The SMILES string of the molecule is COCO[C@@H](c1ccccc1F)[C@H](C)OC(=O)NCc1ccccc1. The largest absolute Gasteiger partial charge is 0.443 e. The van der Waals surface area contributed by atoms with Crippen LogP contribution in [0.3, 0.4) is 0 Å². The van der Waals surface area contributed by atoms with Crippen LogP contribution < -0.4 is 5.32 Å². The first kappa shape index (κ1) is 18.9. The van der Waals surface area contributed by atoms with Gasteiger partial charge < -0.3 is 19.5 Å². The summed E-state index contributed by atoms with van der Waals surface area (Å²) in [5, 5.41) is 2.67. The molecule has 2 aromatic rings. The van der Waals surface area contributed by atoms with Crippen molar-refractivity contribution in [3.8, 4) is 0 Å². The van der Waals surface area contributed by atoms with E-state index in [1.54, 1.807) is 25.1 Å². The molecule has 1 amide bonds. The summed E-state index contributed by atoms with van der Waals surface area (Å²) < 4.78 is 29.8. The first-order valence-corrected chi connectivity index (χ1v) is 7.95. The number of nitrogens with one attached hydrogen (secondary N) is 1. The van der Waals surface area contributed by atoms with Crippen molar-refractivity contribution < 1.29 is 23.4 Å². The second-order valence-electron chi connectivity index (χ2n) is 5.46. The van der Waals surface area contributed by atoms with Gasteiger partial charge in [0.05, 0.1) is 0 Å². The average Bonchev–Trinajstić information content (AvgIpc) is 2.62. The lowest BCUT2D eigenvalue weighted by molar-refractivity contribution is -0.113. The monoisotopic (exact) mass is 347 g/mol. The van der Waals surface area contributed by atoms with Gasteiger partial charge in [-0.25, -0.2) is 9.18 Å². The fourth-order valence-corrected chi connectivity index (χ4v) is 2.37. The summed E-state index contributed by atoms with van der Waals surface area (Å²) in [6.45, 7) is 1.95. The fraction of sp³-hybridized carbons (Fsp3) is 0.316. The molecule has 0 spiro atoms. The smallest absolute Gasteiger partial charge is 0.407 e. The molecule has 2 aromatic carbocycles. The van der Waals surface area contributed by atoms with E-state index >= 15 is 0 Å². The number of rotatable bonds is 8. The van der Waals surface area contributed by atoms with Gasteiger partial charge >= 0.3 is 6.09 Å². The molecule has 0 fully saturated rings. The molecule has 2 rings (SSSR count). The van der Waals surface area contributed by atoms with E-state index in [1.807, 2.05) is 30.3 Å². The van der Waals surface area contributed by atoms with Crippen molar-refractivity contribution in [2.24, 2.45) is 0 Å². The molecule has 5 nitrogen and oxygen atoms in total. The first-order valence-electron chi connectivity index (χ1n) is 7.95. The zero-order valence-electron chi connectivity index (χ0n) is 14.3. The Morgan fingerprint density at radius 1 is 1.12 bits per heavy atom. The third-order valence-corrected chi connectivity index (χ3v) is 3.58. The number of amides is 1. The van der Waals surface area contributed by atoms with Crippen LogP contribution in [-0.2, 0) is 20.8 Å². The van der Waals surface area contributed by atoms with Gasteiger partial charge in [-0.3, -0.25) is 0 Å². The molecule has 0 aliphatic rings. The lowest BCUT2D eigenvalue weighted by atomic mass is 10.0. The van der Waals surface area contributed by atoms with Crippen molar-refractivity contribution in [2.75, 3.05) is 13.9 Å². The summed E-state index contributed by atoms with van der Waals surface area (Å²) in [4.78, 5) is 12.0. The molecule has 25 heavy (non-hydrogen) atoms. The fourth-order valence-electron chi connectivity index (χ4n) is 2.37. The van der Waals surface area contributed by atoms with Crippen LogP contribution in [0.15, 0.2) is 54.6 Å². The molecule has 134 valence electrons. The van der Waals surface area contributed by atoms with Gasteiger partial charge in [-0.2, -0.15) is 0 Å². The lowest BCUT2D eigenvalue weighted by Gasteiger charge is -2.25. The highest BCUT2D eigenvalue weighted by atomic mass is 19.1. The van der Waals surface area contributed by atoms with Crippen molar-refractivity contribution in [3.63, 3.8) is 0 Å². The molecule has 0 bridgehead atoms. The predicted molar refractivity (Wildman–Crippen MR) is 91.3 cm³/mol. The van der Waals surface area contributed by atoms with E-state index in [0.29, 0.717) is 12.1 Å². The Kier molecular flexibility index (Phi) is 7.37. The molecule has 0 aliphatic carbocycles. The number of methoxy groups -OCH3 is 1. The van der Waals surface area contributed by atoms with Gasteiger partial charge in [0.1, 0.15) is 24.8 Å². The van der Waals surface area contributed by atoms with Gasteiger partial charge in [-0.1, -0.05) is 48.5 Å². The van der Waals surface area contributed by atoms with Gasteiger partial charge in [-0.05, 0) is 18.6 Å². The van der Waals surface area contributed by atoms with Crippen LogP contribution in [0, 0.1) is 5.82 Å². The summed E-state index contributed by atoms with van der Waals surface area (Å²) in [5.41, 5.74) is 1.26. The van der Waals surface area contributed by atoms with Crippen LogP contribution in [-0.4, -0.2) is 26.1 Å². The molecule has 6 heteroatoms. The summed E-state index contributed by atoms with van der Waals surface area (Å²) in [7, 11) is 1.47. The Balaban J connectivity index is 1.97. The minimum Gasteiger partial charge on any atom is -0.443 e. The van der Waals surface area contributed by atoms with Crippen LogP contribution in [0.25, 0.3) is 0 Å². The standard InChI is InChI=1S/C19H22FNO4/c1-14(25-19(22)21-12-15-8-4-3-5-9-15)18(24-13-23-2)16-10-6-7-11-17(16)20/h3-11,14,18H,12-13H2,1-2H3,(H,21,22)/t14-,18+/m0/s1. The van der Waals surface area contributed by atoms with Crippen molar-refractivity contribution in [2.45, 2.75) is 25.7 Å². The molecular formula is C19H22FNO4. The Hall–Kier alpha value is -2.44. The van der Waals surface area contributed by atoms with E-state index in [4.69, 9.17) is 14.2 Å². The number of carbonyl (C=O) groups is 1. The van der Waals surface area contributed by atoms with Crippen molar-refractivity contribution in [1.82, 2.24) is 5.32 Å². The molecule has 0 radical (unpaired) electrons. The topological polar surface area (TPSA) is 56.8 Å². The van der Waals surface area contributed by atoms with Crippen molar-refractivity contribution in [1.29, 1.82) is 0 Å². The van der Waals surface area contributed by atoms with Gasteiger partial charge in [0.2, 0.25) is 0 Å². The predicted octanol–water partition coefficient (Wildman–Crippen LogP) is 3.80. The summed E-state index contributed by atoms with van der Waals surface area (Å²) >= 11 is 0. The average molecular weight is 347 g/mol. The maximum absolute atomic E-state index is 14.1. The minimum atomic E-state index is -0.774. The molecule has 0 unspecified atom stereocenters. The molecular weight excluding hydrogens is 325 g/mol. The zero-order valence-corrected chi connectivity index (χ0v) is 14.3. The molecule has 2 atom stereocenters. The van der Waals surface area contributed by atoms with Crippen LogP contribution in [0.1, 0.15) is 24.2 Å². The first-order chi connectivity index (χ1) is 12.1.